The molecule has 0 bridgehead atoms. The van der Waals surface area contributed by atoms with Gasteiger partial charge in [-0.25, -0.2) is 0 Å². The molecule has 0 saturated heterocycles. The Labute approximate surface area is 85.6 Å². The van der Waals surface area contributed by atoms with Crippen molar-refractivity contribution < 1.29 is 15.1 Å². The molecule has 0 spiro atoms. The maximum atomic E-state index is 10.8. The summed E-state index contributed by atoms with van der Waals surface area (Å²) in [6.07, 6.45) is 5.80. The van der Waals surface area contributed by atoms with Crippen molar-refractivity contribution in [2.45, 2.75) is 45.4 Å². The van der Waals surface area contributed by atoms with E-state index in [1.54, 1.807) is 0 Å². The van der Waals surface area contributed by atoms with E-state index >= 15 is 0 Å². The van der Waals surface area contributed by atoms with Gasteiger partial charge in [0.25, 0.3) is 0 Å². The normalized spacial score (nSPS) is 8.08. The third-order valence-electron chi connectivity index (χ3n) is 1.62. The molecule has 3 nitrogen and oxygen atoms in total. The van der Waals surface area contributed by atoms with Crippen LogP contribution in [0.3, 0.4) is 0 Å². The second-order valence-corrected chi connectivity index (χ2v) is 2.72. The van der Waals surface area contributed by atoms with Gasteiger partial charge in [0.2, 0.25) is 0 Å². The molecule has 0 aromatic heterocycles. The fourth-order valence-corrected chi connectivity index (χ4v) is 0.944. The number of unbranched alkanes of at least 4 members (excludes halogenated alkanes) is 3. The molecule has 0 heterocycles. The summed E-state index contributed by atoms with van der Waals surface area (Å²) in [6, 6.07) is 0. The number of hydrogen-bond acceptors (Lipinski definition) is 2. The van der Waals surface area contributed by atoms with Crippen LogP contribution in [0.15, 0.2) is 0 Å². The van der Waals surface area contributed by atoms with Crippen LogP contribution in [-0.2, 0) is 9.59 Å². The van der Waals surface area contributed by atoms with Gasteiger partial charge in [-0.1, -0.05) is 26.2 Å². The fourth-order valence-electron chi connectivity index (χ4n) is 0.944. The van der Waals surface area contributed by atoms with Crippen molar-refractivity contribution in [2.75, 3.05) is 0 Å². The lowest BCUT2D eigenvalue weighted by Crippen LogP contribution is -1.97. The molecule has 13 heavy (non-hydrogen) atoms. The SMILES string of the molecule is CCCCCCC(=O)CC=O.Cl.O. The number of aldehydes is 1. The first-order valence-corrected chi connectivity index (χ1v) is 4.26. The lowest BCUT2D eigenvalue weighted by molar-refractivity contribution is -0.122. The minimum atomic E-state index is 0. The van der Waals surface area contributed by atoms with Crippen molar-refractivity contribution >= 4 is 24.5 Å². The standard InChI is InChI=1S/C9H16O2.ClH.H2O/c1-2-3-4-5-6-9(11)7-8-10;;/h8H,2-7H2,1H3;1H;1H2. The summed E-state index contributed by atoms with van der Waals surface area (Å²) < 4.78 is 0. The Bertz CT molecular complexity index is 126. The van der Waals surface area contributed by atoms with Gasteiger partial charge in [-0.15, -0.1) is 12.4 Å². The molecule has 0 radical (unpaired) electrons. The van der Waals surface area contributed by atoms with Crippen LogP contribution in [0.1, 0.15) is 45.4 Å². The van der Waals surface area contributed by atoms with E-state index in [1.165, 1.54) is 12.8 Å². The largest absolute Gasteiger partial charge is 0.412 e. The van der Waals surface area contributed by atoms with Crippen molar-refractivity contribution in [1.29, 1.82) is 0 Å². The van der Waals surface area contributed by atoms with Crippen LogP contribution in [0.5, 0.6) is 0 Å². The van der Waals surface area contributed by atoms with E-state index in [4.69, 9.17) is 0 Å². The van der Waals surface area contributed by atoms with Gasteiger partial charge < -0.3 is 10.3 Å². The first-order chi connectivity index (χ1) is 5.31. The highest BCUT2D eigenvalue weighted by atomic mass is 35.5. The van der Waals surface area contributed by atoms with Gasteiger partial charge >= 0.3 is 0 Å². The van der Waals surface area contributed by atoms with Crippen molar-refractivity contribution in [1.82, 2.24) is 0 Å². The number of halogens is 1. The molecule has 0 rings (SSSR count). The minimum Gasteiger partial charge on any atom is -0.412 e. The maximum Gasteiger partial charge on any atom is 0.139 e. The predicted octanol–water partition coefficient (Wildman–Crippen LogP) is 1.71. The minimum absolute atomic E-state index is 0. The summed E-state index contributed by atoms with van der Waals surface area (Å²) in [5.74, 6) is 0.0797. The molecule has 2 N–H and O–H groups in total. The van der Waals surface area contributed by atoms with E-state index < -0.39 is 0 Å². The molecular weight excluding hydrogens is 192 g/mol. The molecule has 0 aromatic rings. The van der Waals surface area contributed by atoms with Gasteiger partial charge in [-0.2, -0.15) is 0 Å². The number of ketones is 1. The van der Waals surface area contributed by atoms with Crippen molar-refractivity contribution in [2.24, 2.45) is 0 Å². The summed E-state index contributed by atoms with van der Waals surface area (Å²) in [6.45, 7) is 2.13. The van der Waals surface area contributed by atoms with Gasteiger partial charge in [0.05, 0.1) is 6.42 Å². The van der Waals surface area contributed by atoms with Gasteiger partial charge in [0.1, 0.15) is 12.1 Å². The van der Waals surface area contributed by atoms with Gasteiger partial charge in [-0.3, -0.25) is 4.79 Å². The van der Waals surface area contributed by atoms with E-state index in [-0.39, 0.29) is 30.1 Å². The molecule has 0 atom stereocenters. The molecule has 4 heteroatoms. The molecule has 0 saturated carbocycles. The Balaban J connectivity index is -0.000000500. The molecule has 0 aliphatic rings. The Hall–Kier alpha value is -0.410. The molecule has 0 fully saturated rings. The van der Waals surface area contributed by atoms with E-state index in [0.29, 0.717) is 12.7 Å². The van der Waals surface area contributed by atoms with E-state index in [9.17, 15) is 9.59 Å². The van der Waals surface area contributed by atoms with E-state index in [1.807, 2.05) is 0 Å². The van der Waals surface area contributed by atoms with Crippen molar-refractivity contribution in [3.63, 3.8) is 0 Å². The molecule has 0 aliphatic heterocycles. The van der Waals surface area contributed by atoms with Crippen LogP contribution in [0.4, 0.5) is 0 Å². The number of Topliss-reactive ketones (excluding diaryl/α,β-unsaturated/α-hetero) is 1. The molecule has 0 aromatic carbocycles. The summed E-state index contributed by atoms with van der Waals surface area (Å²) in [5.41, 5.74) is 0. The first-order valence-electron chi connectivity index (χ1n) is 4.26. The zero-order chi connectivity index (χ0) is 8.53. The highest BCUT2D eigenvalue weighted by Crippen LogP contribution is 2.03. The average Bonchev–Trinajstić information content (AvgIpc) is 1.99. The fraction of sp³-hybridized carbons (Fsp3) is 0.778. The molecule has 0 amide bonds. The Kier molecular flexibility index (Phi) is 20.0. The average molecular weight is 211 g/mol. The van der Waals surface area contributed by atoms with Crippen LogP contribution in [0, 0.1) is 0 Å². The molecular formula is C9H19ClO3. The van der Waals surface area contributed by atoms with E-state index in [0.717, 1.165) is 12.8 Å². The number of rotatable bonds is 7. The number of carbonyl (C=O) groups excluding carboxylic acids is 2. The van der Waals surface area contributed by atoms with Gasteiger partial charge in [0, 0.05) is 6.42 Å². The Morgan fingerprint density at radius 1 is 1.23 bits per heavy atom. The zero-order valence-corrected chi connectivity index (χ0v) is 8.86. The van der Waals surface area contributed by atoms with Crippen LogP contribution in [-0.4, -0.2) is 17.5 Å². The summed E-state index contributed by atoms with van der Waals surface area (Å²) in [5, 5.41) is 0. The third kappa shape index (κ3) is 14.4. The predicted molar refractivity (Wildman–Crippen MR) is 55.3 cm³/mol. The third-order valence-corrected chi connectivity index (χ3v) is 1.62. The highest BCUT2D eigenvalue weighted by molar-refractivity contribution is 5.89. The summed E-state index contributed by atoms with van der Waals surface area (Å²) >= 11 is 0. The van der Waals surface area contributed by atoms with Crippen molar-refractivity contribution in [3.05, 3.63) is 0 Å². The summed E-state index contributed by atoms with van der Waals surface area (Å²) in [7, 11) is 0. The maximum absolute atomic E-state index is 10.8. The molecule has 80 valence electrons. The highest BCUT2D eigenvalue weighted by Gasteiger charge is 1.98. The summed E-state index contributed by atoms with van der Waals surface area (Å²) in [4.78, 5) is 20.7. The van der Waals surface area contributed by atoms with Crippen molar-refractivity contribution in [3.8, 4) is 0 Å². The monoisotopic (exact) mass is 210 g/mol. The topological polar surface area (TPSA) is 65.6 Å². The lowest BCUT2D eigenvalue weighted by atomic mass is 10.1. The van der Waals surface area contributed by atoms with E-state index in [2.05, 4.69) is 6.92 Å². The molecule has 0 aliphatic carbocycles. The van der Waals surface area contributed by atoms with Gasteiger partial charge in [-0.05, 0) is 6.42 Å². The zero-order valence-electron chi connectivity index (χ0n) is 8.04. The van der Waals surface area contributed by atoms with Gasteiger partial charge in [0.15, 0.2) is 0 Å². The Morgan fingerprint density at radius 2 is 1.85 bits per heavy atom. The second-order valence-electron chi connectivity index (χ2n) is 2.72. The quantitative estimate of drug-likeness (QED) is 0.365. The second kappa shape index (κ2) is 14.1. The van der Waals surface area contributed by atoms with Crippen LogP contribution in [0.25, 0.3) is 0 Å². The Morgan fingerprint density at radius 3 is 2.31 bits per heavy atom. The lowest BCUT2D eigenvalue weighted by Gasteiger charge is -1.95. The number of hydrogen-bond donors (Lipinski definition) is 0. The first kappa shape index (κ1) is 18.4. The number of carbonyl (C=O) groups is 2. The van der Waals surface area contributed by atoms with Crippen LogP contribution >= 0.6 is 12.4 Å². The molecule has 0 unspecified atom stereocenters. The smallest absolute Gasteiger partial charge is 0.139 e. The van der Waals surface area contributed by atoms with Crippen LogP contribution in [0.2, 0.25) is 0 Å². The van der Waals surface area contributed by atoms with Crippen LogP contribution < -0.4 is 0 Å².